The summed E-state index contributed by atoms with van der Waals surface area (Å²) in [4.78, 5) is 12.2. The van der Waals surface area contributed by atoms with E-state index in [4.69, 9.17) is 15.3 Å². The molecule has 108 valence electrons. The Morgan fingerprint density at radius 1 is 1.19 bits per heavy atom. The highest BCUT2D eigenvalue weighted by Gasteiger charge is 2.17. The van der Waals surface area contributed by atoms with Crippen LogP contribution >= 0.6 is 0 Å². The zero-order valence-corrected chi connectivity index (χ0v) is 10.9. The Morgan fingerprint density at radius 2 is 2.00 bits per heavy atom. The van der Waals surface area contributed by atoms with Gasteiger partial charge in [-0.25, -0.2) is 4.39 Å². The summed E-state index contributed by atoms with van der Waals surface area (Å²) in [6.07, 6.45) is 0. The van der Waals surface area contributed by atoms with E-state index in [0.29, 0.717) is 17.2 Å². The van der Waals surface area contributed by atoms with Crippen molar-refractivity contribution in [1.82, 2.24) is 0 Å². The fraction of sp³-hybridized carbons (Fsp3) is 0.0714. The van der Waals surface area contributed by atoms with Gasteiger partial charge < -0.3 is 20.2 Å². The van der Waals surface area contributed by atoms with Gasteiger partial charge in [-0.1, -0.05) is 6.07 Å². The molecule has 1 heterocycles. The fourth-order valence-electron chi connectivity index (χ4n) is 2.03. The monoisotopic (exact) mass is 289 g/mol. The third kappa shape index (κ3) is 2.46. The van der Waals surface area contributed by atoms with Crippen molar-refractivity contribution in [3.8, 4) is 11.5 Å². The second-order valence-corrected chi connectivity index (χ2v) is 4.33. The summed E-state index contributed by atoms with van der Waals surface area (Å²) in [5.41, 5.74) is 2.75. The van der Waals surface area contributed by atoms with Crippen LogP contribution in [0.2, 0.25) is 0 Å². The molecule has 21 heavy (non-hydrogen) atoms. The maximum atomic E-state index is 13.6. The van der Waals surface area contributed by atoms with Crippen LogP contribution in [0, 0.1) is 5.82 Å². The second kappa shape index (κ2) is 5.29. The second-order valence-electron chi connectivity index (χ2n) is 4.33. The van der Waals surface area contributed by atoms with Crippen LogP contribution in [-0.2, 0) is 0 Å². The summed E-state index contributed by atoms with van der Waals surface area (Å²) >= 11 is 0. The number of ether oxygens (including phenoxy) is 2. The van der Waals surface area contributed by atoms with Crippen molar-refractivity contribution in [2.45, 2.75) is 0 Å². The van der Waals surface area contributed by atoms with Crippen molar-refractivity contribution in [2.75, 3.05) is 17.5 Å². The molecule has 1 amide bonds. The van der Waals surface area contributed by atoms with Crippen molar-refractivity contribution in [3.05, 3.63) is 47.8 Å². The van der Waals surface area contributed by atoms with Gasteiger partial charge in [-0.2, -0.15) is 0 Å². The summed E-state index contributed by atoms with van der Waals surface area (Å²) in [7, 11) is 0. The lowest BCUT2D eigenvalue weighted by molar-refractivity contribution is 0.102. The van der Waals surface area contributed by atoms with Crippen LogP contribution in [0.1, 0.15) is 10.4 Å². The van der Waals surface area contributed by atoms with Gasteiger partial charge >= 0.3 is 0 Å². The zero-order valence-electron chi connectivity index (χ0n) is 10.9. The molecule has 0 aliphatic carbocycles. The average molecular weight is 289 g/mol. The van der Waals surface area contributed by atoms with Crippen LogP contribution in [0.4, 0.5) is 15.8 Å². The van der Waals surface area contributed by atoms with Gasteiger partial charge in [0, 0.05) is 11.8 Å². The van der Waals surface area contributed by atoms with Crippen LogP contribution < -0.4 is 26.1 Å². The Bertz CT molecular complexity index is 706. The first kappa shape index (κ1) is 13.2. The first-order valence-corrected chi connectivity index (χ1v) is 6.15. The number of rotatable bonds is 3. The van der Waals surface area contributed by atoms with E-state index < -0.39 is 11.7 Å². The fourth-order valence-corrected chi connectivity index (χ4v) is 2.03. The molecule has 0 aromatic heterocycles. The molecule has 2 aromatic rings. The summed E-state index contributed by atoms with van der Waals surface area (Å²) in [6.45, 7) is 0.151. The lowest BCUT2D eigenvalue weighted by atomic mass is 10.1. The van der Waals surface area contributed by atoms with Crippen molar-refractivity contribution in [2.24, 2.45) is 5.84 Å². The van der Waals surface area contributed by atoms with Crippen molar-refractivity contribution >= 4 is 17.3 Å². The smallest absolute Gasteiger partial charge is 0.257 e. The minimum absolute atomic E-state index is 0.0595. The van der Waals surface area contributed by atoms with Gasteiger partial charge in [-0.15, -0.1) is 0 Å². The molecule has 0 unspecified atom stereocenters. The zero-order chi connectivity index (χ0) is 14.8. The molecule has 1 aliphatic rings. The number of nitrogens with two attached hydrogens (primary N) is 1. The lowest BCUT2D eigenvalue weighted by Gasteiger charge is -2.10. The van der Waals surface area contributed by atoms with Crippen LogP contribution in [0.3, 0.4) is 0 Å². The number of halogens is 1. The molecule has 0 saturated carbocycles. The topological polar surface area (TPSA) is 85.6 Å². The van der Waals surface area contributed by atoms with Gasteiger partial charge in [0.05, 0.1) is 11.3 Å². The highest BCUT2D eigenvalue weighted by molar-refractivity contribution is 6.08. The standard InChI is InChI=1S/C14H12FN3O3/c15-10-3-1-2-9(13(10)18-16)14(19)17-8-4-5-11-12(6-8)21-7-20-11/h1-6,18H,7,16H2,(H,17,19). The Hall–Kier alpha value is -2.80. The Labute approximate surface area is 119 Å². The summed E-state index contributed by atoms with van der Waals surface area (Å²) in [5.74, 6) is 5.32. The number of hydrogen-bond donors (Lipinski definition) is 3. The number of nitrogens with one attached hydrogen (secondary N) is 2. The highest BCUT2D eigenvalue weighted by Crippen LogP contribution is 2.34. The first-order valence-electron chi connectivity index (χ1n) is 6.15. The molecule has 2 aromatic carbocycles. The third-order valence-electron chi connectivity index (χ3n) is 3.03. The minimum Gasteiger partial charge on any atom is -0.454 e. The minimum atomic E-state index is -0.601. The molecule has 0 atom stereocenters. The molecule has 7 heteroatoms. The van der Waals surface area contributed by atoms with Crippen molar-refractivity contribution < 1.29 is 18.7 Å². The molecule has 0 bridgehead atoms. The number of amides is 1. The van der Waals surface area contributed by atoms with Crippen LogP contribution in [0.5, 0.6) is 11.5 Å². The molecule has 4 N–H and O–H groups in total. The van der Waals surface area contributed by atoms with Gasteiger partial charge in [0.25, 0.3) is 5.91 Å². The largest absolute Gasteiger partial charge is 0.454 e. The van der Waals surface area contributed by atoms with Crippen molar-refractivity contribution in [3.63, 3.8) is 0 Å². The Kier molecular flexibility index (Phi) is 3.33. The predicted molar refractivity (Wildman–Crippen MR) is 74.7 cm³/mol. The number of carbonyl (C=O) groups is 1. The van der Waals surface area contributed by atoms with E-state index in [9.17, 15) is 9.18 Å². The van der Waals surface area contributed by atoms with Crippen molar-refractivity contribution in [1.29, 1.82) is 0 Å². The van der Waals surface area contributed by atoms with Gasteiger partial charge in [0.1, 0.15) is 5.82 Å². The van der Waals surface area contributed by atoms with Gasteiger partial charge in [0.15, 0.2) is 11.5 Å². The summed E-state index contributed by atoms with van der Waals surface area (Å²) < 4.78 is 24.0. The Balaban J connectivity index is 1.85. The van der Waals surface area contributed by atoms with Gasteiger partial charge in [-0.3, -0.25) is 10.6 Å². The average Bonchev–Trinajstić information content (AvgIpc) is 2.94. The third-order valence-corrected chi connectivity index (χ3v) is 3.03. The predicted octanol–water partition coefficient (Wildman–Crippen LogP) is 2.09. The van der Waals surface area contributed by atoms with Gasteiger partial charge in [-0.05, 0) is 24.3 Å². The van der Waals surface area contributed by atoms with E-state index in [0.717, 1.165) is 0 Å². The number of benzene rings is 2. The van der Waals surface area contributed by atoms with E-state index in [1.54, 1.807) is 18.2 Å². The molecule has 0 saturated heterocycles. The number of hydrazine groups is 1. The number of anilines is 2. The van der Waals surface area contributed by atoms with E-state index in [-0.39, 0.29) is 18.0 Å². The first-order chi connectivity index (χ1) is 10.2. The number of para-hydroxylation sites is 1. The number of hydrogen-bond acceptors (Lipinski definition) is 5. The SMILES string of the molecule is NNc1c(F)cccc1C(=O)Nc1ccc2c(c1)OCO2. The maximum Gasteiger partial charge on any atom is 0.257 e. The molecule has 6 nitrogen and oxygen atoms in total. The van der Waals surface area contributed by atoms with E-state index in [1.807, 2.05) is 0 Å². The molecule has 0 radical (unpaired) electrons. The number of fused-ring (bicyclic) bond motifs is 1. The maximum absolute atomic E-state index is 13.6. The molecule has 0 spiro atoms. The molecular formula is C14H12FN3O3. The lowest BCUT2D eigenvalue weighted by Crippen LogP contribution is -2.18. The number of carbonyl (C=O) groups excluding carboxylic acids is 1. The highest BCUT2D eigenvalue weighted by atomic mass is 19.1. The molecular weight excluding hydrogens is 277 g/mol. The molecule has 1 aliphatic heterocycles. The van der Waals surface area contributed by atoms with E-state index in [1.165, 1.54) is 18.2 Å². The molecule has 3 rings (SSSR count). The number of nitrogen functional groups attached to an aromatic ring is 1. The van der Waals surface area contributed by atoms with Gasteiger partial charge in [0.2, 0.25) is 6.79 Å². The Morgan fingerprint density at radius 3 is 2.81 bits per heavy atom. The quantitative estimate of drug-likeness (QED) is 0.595. The normalized spacial score (nSPS) is 12.1. The van der Waals surface area contributed by atoms with Crippen LogP contribution in [0.15, 0.2) is 36.4 Å². The van der Waals surface area contributed by atoms with Crippen LogP contribution in [-0.4, -0.2) is 12.7 Å². The summed E-state index contributed by atoms with van der Waals surface area (Å²) in [6, 6.07) is 9.11. The van der Waals surface area contributed by atoms with Crippen LogP contribution in [0.25, 0.3) is 0 Å². The van der Waals surface area contributed by atoms with E-state index >= 15 is 0 Å². The van der Waals surface area contributed by atoms with E-state index in [2.05, 4.69) is 10.7 Å². The molecule has 0 fully saturated rings. The summed E-state index contributed by atoms with van der Waals surface area (Å²) in [5, 5.41) is 2.65.